The number of rotatable bonds is 8. The summed E-state index contributed by atoms with van der Waals surface area (Å²) in [5.74, 6) is -0.191. The van der Waals surface area contributed by atoms with Crippen LogP contribution in [0, 0.1) is 19.7 Å². The second-order valence-electron chi connectivity index (χ2n) is 7.91. The Morgan fingerprint density at radius 1 is 1.17 bits per heavy atom. The number of pyridine rings is 1. The van der Waals surface area contributed by atoms with Gasteiger partial charge in [-0.2, -0.15) is 0 Å². The molecule has 0 unspecified atom stereocenters. The molecule has 0 aliphatic rings. The molecule has 2 aromatic carbocycles. The zero-order chi connectivity index (χ0) is 25.9. The Morgan fingerprint density at radius 2 is 1.83 bits per heavy atom. The first-order valence-electron chi connectivity index (χ1n) is 10.7. The smallest absolute Gasteiger partial charge is 0.263 e. The van der Waals surface area contributed by atoms with E-state index in [1.165, 1.54) is 48.1 Å². The van der Waals surface area contributed by atoms with Crippen LogP contribution in [0.3, 0.4) is 0 Å². The number of nitrogens with zero attached hydrogens (tertiary/aromatic N) is 1. The first kappa shape index (κ1) is 25.7. The van der Waals surface area contributed by atoms with Crippen molar-refractivity contribution >= 4 is 21.6 Å². The Kier molecular flexibility index (Phi) is 7.45. The van der Waals surface area contributed by atoms with E-state index in [0.717, 1.165) is 5.41 Å². The SMILES string of the molecule is C=CS(=O)(=O)Nc1ccc(Oc2c(C)cc(F)cc2C)c(-c2cc(C(=O)NCC)c(=O)n(C)c2)c1. The Hall–Kier alpha value is -3.92. The summed E-state index contributed by atoms with van der Waals surface area (Å²) in [6, 6.07) is 8.68. The van der Waals surface area contributed by atoms with E-state index >= 15 is 0 Å². The molecule has 3 rings (SSSR count). The lowest BCUT2D eigenvalue weighted by molar-refractivity contribution is 0.0954. The van der Waals surface area contributed by atoms with Gasteiger partial charge in [0.15, 0.2) is 0 Å². The molecule has 0 aliphatic heterocycles. The average molecular weight is 500 g/mol. The monoisotopic (exact) mass is 499 g/mol. The van der Waals surface area contributed by atoms with E-state index in [2.05, 4.69) is 16.6 Å². The quantitative estimate of drug-likeness (QED) is 0.482. The van der Waals surface area contributed by atoms with Gasteiger partial charge in [0.2, 0.25) is 0 Å². The third-order valence-corrected chi connectivity index (χ3v) is 6.13. The molecule has 3 aromatic rings. The fraction of sp³-hybridized carbons (Fsp3) is 0.200. The Labute approximate surface area is 203 Å². The van der Waals surface area contributed by atoms with E-state index < -0.39 is 27.3 Å². The first-order valence-corrected chi connectivity index (χ1v) is 12.2. The van der Waals surface area contributed by atoms with E-state index in [1.807, 2.05) is 0 Å². The van der Waals surface area contributed by atoms with Gasteiger partial charge in [-0.25, -0.2) is 12.8 Å². The maximum atomic E-state index is 13.8. The van der Waals surface area contributed by atoms with Gasteiger partial charge in [0.05, 0.1) is 0 Å². The number of hydrogen-bond acceptors (Lipinski definition) is 5. The topological polar surface area (TPSA) is 106 Å². The number of nitrogens with one attached hydrogen (secondary N) is 2. The van der Waals surface area contributed by atoms with E-state index in [4.69, 9.17) is 4.74 Å². The number of ether oxygens (including phenoxy) is 1. The van der Waals surface area contributed by atoms with E-state index in [-0.39, 0.29) is 11.3 Å². The molecular weight excluding hydrogens is 473 g/mol. The van der Waals surface area contributed by atoms with Gasteiger partial charge < -0.3 is 14.6 Å². The lowest BCUT2D eigenvalue weighted by atomic mass is 10.0. The van der Waals surface area contributed by atoms with Crippen LogP contribution in [0.25, 0.3) is 11.1 Å². The fourth-order valence-corrected chi connectivity index (χ4v) is 4.10. The molecule has 184 valence electrons. The van der Waals surface area contributed by atoms with Crippen molar-refractivity contribution in [1.29, 1.82) is 0 Å². The summed E-state index contributed by atoms with van der Waals surface area (Å²) in [4.78, 5) is 25.1. The van der Waals surface area contributed by atoms with Gasteiger partial charge in [0.25, 0.3) is 21.5 Å². The number of anilines is 1. The normalized spacial score (nSPS) is 11.1. The lowest BCUT2D eigenvalue weighted by Crippen LogP contribution is -2.32. The predicted octanol–water partition coefficient (Wildman–Crippen LogP) is 4.24. The van der Waals surface area contributed by atoms with Crippen LogP contribution in [0.5, 0.6) is 11.5 Å². The Morgan fingerprint density at radius 3 is 2.43 bits per heavy atom. The fourth-order valence-electron chi connectivity index (χ4n) is 3.56. The van der Waals surface area contributed by atoms with Crippen molar-refractivity contribution in [3.05, 3.63) is 87.4 Å². The van der Waals surface area contributed by atoms with Crippen molar-refractivity contribution in [3.63, 3.8) is 0 Å². The van der Waals surface area contributed by atoms with Crippen LogP contribution in [-0.4, -0.2) is 25.4 Å². The molecule has 0 radical (unpaired) electrons. The van der Waals surface area contributed by atoms with Crippen molar-refractivity contribution in [2.24, 2.45) is 7.05 Å². The highest BCUT2D eigenvalue weighted by atomic mass is 32.2. The van der Waals surface area contributed by atoms with Gasteiger partial charge in [-0.05, 0) is 68.3 Å². The zero-order valence-corrected chi connectivity index (χ0v) is 20.6. The first-order chi connectivity index (χ1) is 16.5. The van der Waals surface area contributed by atoms with Crippen LogP contribution in [-0.2, 0) is 17.1 Å². The largest absolute Gasteiger partial charge is 0.456 e. The number of sulfonamides is 1. The number of aromatic nitrogens is 1. The third-order valence-electron chi connectivity index (χ3n) is 5.17. The molecular formula is C25H26FN3O5S. The van der Waals surface area contributed by atoms with Crippen LogP contribution in [0.15, 0.2) is 59.4 Å². The van der Waals surface area contributed by atoms with Crippen molar-refractivity contribution in [1.82, 2.24) is 9.88 Å². The number of amides is 1. The van der Waals surface area contributed by atoms with Crippen LogP contribution in [0.4, 0.5) is 10.1 Å². The van der Waals surface area contributed by atoms with Crippen LogP contribution in [0.1, 0.15) is 28.4 Å². The number of benzene rings is 2. The van der Waals surface area contributed by atoms with Gasteiger partial charge in [-0.3, -0.25) is 14.3 Å². The molecule has 1 amide bonds. The molecule has 0 saturated heterocycles. The molecule has 0 fully saturated rings. The van der Waals surface area contributed by atoms with Gasteiger partial charge in [0.1, 0.15) is 22.9 Å². The summed E-state index contributed by atoms with van der Waals surface area (Å²) >= 11 is 0. The average Bonchev–Trinajstić information content (AvgIpc) is 2.78. The third kappa shape index (κ3) is 5.78. The summed E-state index contributed by atoms with van der Waals surface area (Å²) in [6.07, 6.45) is 1.52. The Balaban J connectivity index is 2.23. The highest BCUT2D eigenvalue weighted by Gasteiger charge is 2.18. The Bertz CT molecular complexity index is 1460. The number of hydrogen-bond donors (Lipinski definition) is 2. The van der Waals surface area contributed by atoms with Crippen molar-refractivity contribution in [2.45, 2.75) is 20.8 Å². The maximum Gasteiger partial charge on any atom is 0.263 e. The number of aryl methyl sites for hydroxylation is 3. The number of carbonyl (C=O) groups is 1. The summed E-state index contributed by atoms with van der Waals surface area (Å²) in [5, 5.41) is 3.39. The predicted molar refractivity (Wildman–Crippen MR) is 134 cm³/mol. The molecule has 0 atom stereocenters. The van der Waals surface area contributed by atoms with E-state index in [0.29, 0.717) is 40.3 Å². The van der Waals surface area contributed by atoms with Crippen molar-refractivity contribution < 1.29 is 22.3 Å². The molecule has 1 aromatic heterocycles. The number of halogens is 1. The summed E-state index contributed by atoms with van der Waals surface area (Å²) in [7, 11) is -2.29. The van der Waals surface area contributed by atoms with Crippen LogP contribution < -0.4 is 20.3 Å². The van der Waals surface area contributed by atoms with Gasteiger partial charge >= 0.3 is 0 Å². The molecule has 1 heterocycles. The van der Waals surface area contributed by atoms with Crippen molar-refractivity contribution in [2.75, 3.05) is 11.3 Å². The molecule has 35 heavy (non-hydrogen) atoms. The van der Waals surface area contributed by atoms with E-state index in [1.54, 1.807) is 26.8 Å². The minimum atomic E-state index is -3.79. The van der Waals surface area contributed by atoms with Gasteiger partial charge in [-0.1, -0.05) is 6.58 Å². The highest BCUT2D eigenvalue weighted by Crippen LogP contribution is 2.38. The summed E-state index contributed by atoms with van der Waals surface area (Å²) < 4.78 is 47.7. The standard InChI is InChI=1S/C25H26FN3O5S/c1-6-27-24(30)21-12-17(14-29(5)25(21)31)20-13-19(28-35(32,33)7-2)8-9-22(20)34-23-15(3)10-18(26)11-16(23)4/h7-14,28H,2,6H2,1,3-5H3,(H,27,30). The minimum absolute atomic E-state index is 0.0796. The second-order valence-corrected chi connectivity index (χ2v) is 9.54. The molecule has 0 spiro atoms. The molecule has 0 aliphatic carbocycles. The molecule has 0 bridgehead atoms. The van der Waals surface area contributed by atoms with Crippen molar-refractivity contribution in [3.8, 4) is 22.6 Å². The number of carbonyl (C=O) groups excluding carboxylic acids is 1. The van der Waals surface area contributed by atoms with Gasteiger partial charge in [0, 0.05) is 42.0 Å². The molecule has 10 heteroatoms. The lowest BCUT2D eigenvalue weighted by Gasteiger charge is -2.17. The molecule has 8 nitrogen and oxygen atoms in total. The minimum Gasteiger partial charge on any atom is -0.456 e. The van der Waals surface area contributed by atoms with Crippen LogP contribution in [0.2, 0.25) is 0 Å². The molecule has 2 N–H and O–H groups in total. The summed E-state index contributed by atoms with van der Waals surface area (Å²) in [5.41, 5.74) is 1.61. The summed E-state index contributed by atoms with van der Waals surface area (Å²) in [6.45, 7) is 8.77. The zero-order valence-electron chi connectivity index (χ0n) is 19.8. The molecule has 0 saturated carbocycles. The van der Waals surface area contributed by atoms with Crippen LogP contribution >= 0.6 is 0 Å². The second kappa shape index (κ2) is 10.1. The van der Waals surface area contributed by atoms with E-state index in [9.17, 15) is 22.4 Å². The maximum absolute atomic E-state index is 13.8. The van der Waals surface area contributed by atoms with Gasteiger partial charge in [-0.15, -0.1) is 0 Å². The highest BCUT2D eigenvalue weighted by molar-refractivity contribution is 7.95.